The molecule has 2 amide bonds. The van der Waals surface area contributed by atoms with Crippen LogP contribution in [0.25, 0.3) is 5.70 Å². The van der Waals surface area contributed by atoms with Crippen molar-refractivity contribution >= 4 is 34.7 Å². The number of aryl methyl sites for hydroxylation is 1. The molecule has 0 saturated carbocycles. The zero-order valence-corrected chi connectivity index (χ0v) is 20.4. The van der Waals surface area contributed by atoms with E-state index in [2.05, 4.69) is 5.32 Å². The summed E-state index contributed by atoms with van der Waals surface area (Å²) < 4.78 is 49.9. The molecule has 2 aliphatic rings. The third-order valence-electron chi connectivity index (χ3n) is 6.08. The molecular weight excluding hydrogens is 483 g/mol. The number of hydrogen-bond acceptors (Lipinski definition) is 6. The minimum Gasteiger partial charge on any atom is -0.486 e. The minimum absolute atomic E-state index is 0.0491. The van der Waals surface area contributed by atoms with Crippen LogP contribution in [0.4, 0.5) is 23.7 Å². The number of nitrogens with zero attached hydrogens (tertiary/aromatic N) is 2. The fourth-order valence-corrected chi connectivity index (χ4v) is 5.16. The Kier molecular flexibility index (Phi) is 6.98. The molecule has 2 aromatic rings. The quantitative estimate of drug-likeness (QED) is 0.600. The highest BCUT2D eigenvalue weighted by molar-refractivity contribution is 7.10. The van der Waals surface area contributed by atoms with Crippen molar-refractivity contribution in [3.8, 4) is 5.75 Å². The van der Waals surface area contributed by atoms with Gasteiger partial charge in [0.1, 0.15) is 11.9 Å². The van der Waals surface area contributed by atoms with Gasteiger partial charge in [-0.15, -0.1) is 11.3 Å². The average molecular weight is 510 g/mol. The molecule has 1 N–H and O–H groups in total. The monoisotopic (exact) mass is 509 g/mol. The minimum atomic E-state index is -4.91. The molecule has 0 bridgehead atoms. The van der Waals surface area contributed by atoms with Gasteiger partial charge in [-0.1, -0.05) is 6.07 Å². The number of nitrogens with one attached hydrogen (secondary N) is 1. The SMILES string of the molecule is COC(=O)N1Cc2sccc2C(Nc2ccc(C)cc2O[C@H]2CCCN(C(=O)C(F)(F)F)C2)=C1C. The summed E-state index contributed by atoms with van der Waals surface area (Å²) in [5.41, 5.74) is 3.86. The molecule has 0 unspecified atom stereocenters. The summed E-state index contributed by atoms with van der Waals surface area (Å²) in [6, 6.07) is 7.49. The van der Waals surface area contributed by atoms with E-state index in [4.69, 9.17) is 9.47 Å². The summed E-state index contributed by atoms with van der Waals surface area (Å²) in [5.74, 6) is -1.38. The number of alkyl halides is 3. The number of likely N-dealkylation sites (tertiary alicyclic amines) is 1. The summed E-state index contributed by atoms with van der Waals surface area (Å²) in [6.07, 6.45) is -5.02. The number of anilines is 1. The maximum Gasteiger partial charge on any atom is 0.471 e. The van der Waals surface area contributed by atoms with Crippen molar-refractivity contribution in [2.75, 3.05) is 25.5 Å². The van der Waals surface area contributed by atoms with Crippen molar-refractivity contribution in [1.29, 1.82) is 0 Å². The highest BCUT2D eigenvalue weighted by Crippen LogP contribution is 2.38. The Bertz CT molecular complexity index is 1160. The normalized spacial score (nSPS) is 18.3. The summed E-state index contributed by atoms with van der Waals surface area (Å²) in [4.78, 5) is 27.4. The molecule has 1 atom stereocenters. The Morgan fingerprint density at radius 3 is 2.69 bits per heavy atom. The molecular formula is C24H26F3N3O4S. The fraction of sp³-hybridized carbons (Fsp3) is 0.417. The Balaban J connectivity index is 1.61. The Hall–Kier alpha value is -3.21. The van der Waals surface area contributed by atoms with E-state index < -0.39 is 24.3 Å². The smallest absolute Gasteiger partial charge is 0.471 e. The van der Waals surface area contributed by atoms with Gasteiger partial charge in [-0.25, -0.2) is 4.79 Å². The highest BCUT2D eigenvalue weighted by Gasteiger charge is 2.44. The van der Waals surface area contributed by atoms with Gasteiger partial charge in [-0.3, -0.25) is 9.69 Å². The van der Waals surface area contributed by atoms with Gasteiger partial charge in [0.15, 0.2) is 0 Å². The van der Waals surface area contributed by atoms with Crippen molar-refractivity contribution in [3.63, 3.8) is 0 Å². The molecule has 1 saturated heterocycles. The molecule has 3 heterocycles. The van der Waals surface area contributed by atoms with E-state index >= 15 is 0 Å². The van der Waals surface area contributed by atoms with Crippen molar-refractivity contribution in [3.05, 3.63) is 51.3 Å². The lowest BCUT2D eigenvalue weighted by atomic mass is 10.1. The topological polar surface area (TPSA) is 71.1 Å². The molecule has 0 spiro atoms. The van der Waals surface area contributed by atoms with Gasteiger partial charge in [0.25, 0.3) is 0 Å². The molecule has 7 nitrogen and oxygen atoms in total. The number of carbonyl (C=O) groups is 2. The first-order valence-electron chi connectivity index (χ1n) is 11.1. The van der Waals surface area contributed by atoms with Crippen LogP contribution in [-0.2, 0) is 16.1 Å². The number of halogens is 3. The number of piperidine rings is 1. The number of amides is 2. The lowest BCUT2D eigenvalue weighted by Crippen LogP contribution is -2.49. The lowest BCUT2D eigenvalue weighted by molar-refractivity contribution is -0.187. The van der Waals surface area contributed by atoms with Gasteiger partial charge in [-0.2, -0.15) is 13.2 Å². The van der Waals surface area contributed by atoms with Crippen LogP contribution in [0.5, 0.6) is 5.75 Å². The third kappa shape index (κ3) is 5.24. The Morgan fingerprint density at radius 2 is 1.97 bits per heavy atom. The molecule has 0 aliphatic carbocycles. The first kappa shape index (κ1) is 24.9. The first-order chi connectivity index (χ1) is 16.6. The van der Waals surface area contributed by atoms with Gasteiger partial charge in [0, 0.05) is 22.7 Å². The number of methoxy groups -OCH3 is 1. The second kappa shape index (κ2) is 9.80. The van der Waals surface area contributed by atoms with Gasteiger partial charge in [0.05, 0.1) is 31.6 Å². The van der Waals surface area contributed by atoms with E-state index in [9.17, 15) is 22.8 Å². The van der Waals surface area contributed by atoms with Crippen molar-refractivity contribution in [1.82, 2.24) is 9.80 Å². The zero-order valence-electron chi connectivity index (χ0n) is 19.6. The van der Waals surface area contributed by atoms with E-state index in [0.717, 1.165) is 20.9 Å². The maximum atomic E-state index is 12.9. The van der Waals surface area contributed by atoms with Crippen LogP contribution < -0.4 is 10.1 Å². The molecule has 1 aromatic carbocycles. The average Bonchev–Trinajstić information content (AvgIpc) is 3.29. The maximum absolute atomic E-state index is 12.9. The van der Waals surface area contributed by atoms with Crippen LogP contribution in [0.15, 0.2) is 35.3 Å². The second-order valence-electron chi connectivity index (χ2n) is 8.53. The van der Waals surface area contributed by atoms with E-state index in [-0.39, 0.29) is 13.1 Å². The van der Waals surface area contributed by atoms with Gasteiger partial charge in [-0.05, 0) is 55.8 Å². The molecule has 2 aliphatic heterocycles. The van der Waals surface area contributed by atoms with E-state index in [0.29, 0.717) is 42.2 Å². The van der Waals surface area contributed by atoms with Crippen LogP contribution in [0.2, 0.25) is 0 Å². The van der Waals surface area contributed by atoms with E-state index in [1.54, 1.807) is 6.07 Å². The van der Waals surface area contributed by atoms with E-state index in [1.165, 1.54) is 23.3 Å². The molecule has 35 heavy (non-hydrogen) atoms. The number of carbonyl (C=O) groups excluding carboxylic acids is 2. The summed E-state index contributed by atoms with van der Waals surface area (Å²) in [6.45, 7) is 4.01. The highest BCUT2D eigenvalue weighted by atomic mass is 32.1. The van der Waals surface area contributed by atoms with Gasteiger partial charge < -0.3 is 19.7 Å². The molecule has 4 rings (SSSR count). The summed E-state index contributed by atoms with van der Waals surface area (Å²) in [5, 5.41) is 5.32. The van der Waals surface area contributed by atoms with Gasteiger partial charge in [0.2, 0.25) is 0 Å². The number of benzene rings is 1. The summed E-state index contributed by atoms with van der Waals surface area (Å²) >= 11 is 1.53. The summed E-state index contributed by atoms with van der Waals surface area (Å²) in [7, 11) is 1.33. The van der Waals surface area contributed by atoms with Crippen LogP contribution >= 0.6 is 11.3 Å². The van der Waals surface area contributed by atoms with E-state index in [1.807, 2.05) is 37.4 Å². The third-order valence-corrected chi connectivity index (χ3v) is 6.98. The number of fused-ring (bicyclic) bond motifs is 1. The number of thiophene rings is 1. The fourth-order valence-electron chi connectivity index (χ4n) is 4.29. The molecule has 1 aromatic heterocycles. The predicted octanol–water partition coefficient (Wildman–Crippen LogP) is 5.37. The second-order valence-corrected chi connectivity index (χ2v) is 9.53. The number of ether oxygens (including phenoxy) is 2. The Labute approximate surface area is 205 Å². The zero-order chi connectivity index (χ0) is 25.3. The number of hydrogen-bond donors (Lipinski definition) is 1. The predicted molar refractivity (Wildman–Crippen MR) is 126 cm³/mol. The molecule has 11 heteroatoms. The van der Waals surface area contributed by atoms with Gasteiger partial charge >= 0.3 is 18.2 Å². The van der Waals surface area contributed by atoms with Crippen LogP contribution in [0.3, 0.4) is 0 Å². The Morgan fingerprint density at radius 1 is 1.20 bits per heavy atom. The number of allylic oxidation sites excluding steroid dienone is 1. The van der Waals surface area contributed by atoms with Crippen molar-refractivity contribution < 1.29 is 32.2 Å². The standard InChI is InChI=1S/C24H26F3N3O4S/c1-14-6-7-18(19(11-14)34-16-5-4-9-29(12-16)22(31)24(25,26)27)28-21-15(2)30(23(32)33-3)13-20-17(21)8-10-35-20/h6-8,10-11,16,28H,4-5,9,12-13H2,1-3H3/t16-/m0/s1. The van der Waals surface area contributed by atoms with Crippen molar-refractivity contribution in [2.24, 2.45) is 0 Å². The van der Waals surface area contributed by atoms with Crippen LogP contribution in [0.1, 0.15) is 35.8 Å². The lowest BCUT2D eigenvalue weighted by Gasteiger charge is -2.34. The first-order valence-corrected chi connectivity index (χ1v) is 12.0. The molecule has 1 fully saturated rings. The molecule has 188 valence electrons. The number of rotatable bonds is 4. The van der Waals surface area contributed by atoms with Crippen LogP contribution in [0, 0.1) is 6.92 Å². The molecule has 0 radical (unpaired) electrons. The largest absolute Gasteiger partial charge is 0.486 e. The van der Waals surface area contributed by atoms with Crippen molar-refractivity contribution in [2.45, 2.75) is 45.5 Å². The van der Waals surface area contributed by atoms with Crippen LogP contribution in [-0.4, -0.2) is 54.3 Å².